The molecule has 2 rings (SSSR count). The molecule has 0 amide bonds. The predicted octanol–water partition coefficient (Wildman–Crippen LogP) is 5.18. The molecule has 0 aliphatic carbocycles. The summed E-state index contributed by atoms with van der Waals surface area (Å²) in [5, 5.41) is 4.25. The molecule has 21 heavy (non-hydrogen) atoms. The van der Waals surface area contributed by atoms with Crippen LogP contribution in [-0.2, 0) is 0 Å². The van der Waals surface area contributed by atoms with Crippen LogP contribution >= 0.6 is 11.6 Å². The van der Waals surface area contributed by atoms with Gasteiger partial charge >= 0.3 is 0 Å². The Bertz CT molecular complexity index is 623. The molecule has 112 valence electrons. The summed E-state index contributed by atoms with van der Waals surface area (Å²) in [5.74, 6) is -0.210. The van der Waals surface area contributed by atoms with Gasteiger partial charge in [0.2, 0.25) is 0 Å². The molecular weight excluding hydrogens is 285 g/mol. The Hall–Kier alpha value is -1.38. The van der Waals surface area contributed by atoms with E-state index in [-0.39, 0.29) is 11.9 Å². The first-order chi connectivity index (χ1) is 10.0. The van der Waals surface area contributed by atoms with Gasteiger partial charge in [-0.3, -0.25) is 0 Å². The minimum atomic E-state index is -0.210. The molecule has 3 heteroatoms. The first-order valence-corrected chi connectivity index (χ1v) is 7.66. The van der Waals surface area contributed by atoms with Crippen molar-refractivity contribution in [1.29, 1.82) is 0 Å². The summed E-state index contributed by atoms with van der Waals surface area (Å²) in [5.41, 5.74) is 4.18. The van der Waals surface area contributed by atoms with Gasteiger partial charge < -0.3 is 5.32 Å². The second-order valence-electron chi connectivity index (χ2n) is 5.34. The van der Waals surface area contributed by atoms with E-state index in [9.17, 15) is 4.39 Å². The van der Waals surface area contributed by atoms with Crippen LogP contribution in [0.1, 0.15) is 41.6 Å². The lowest BCUT2D eigenvalue weighted by molar-refractivity contribution is 0.581. The molecule has 1 atom stereocenters. The zero-order chi connectivity index (χ0) is 15.4. The van der Waals surface area contributed by atoms with Crippen molar-refractivity contribution in [2.75, 3.05) is 6.54 Å². The van der Waals surface area contributed by atoms with Gasteiger partial charge in [-0.05, 0) is 67.3 Å². The number of hydrogen-bond donors (Lipinski definition) is 1. The average Bonchev–Trinajstić information content (AvgIpc) is 2.47. The van der Waals surface area contributed by atoms with Crippen molar-refractivity contribution < 1.29 is 4.39 Å². The minimum Gasteiger partial charge on any atom is -0.306 e. The lowest BCUT2D eigenvalue weighted by Crippen LogP contribution is -2.25. The fourth-order valence-corrected chi connectivity index (χ4v) is 2.72. The van der Waals surface area contributed by atoms with E-state index in [1.807, 2.05) is 32.0 Å². The third-order valence-electron chi connectivity index (χ3n) is 3.77. The molecule has 0 spiro atoms. The molecule has 1 unspecified atom stereocenters. The summed E-state index contributed by atoms with van der Waals surface area (Å²) >= 11 is 6.25. The van der Waals surface area contributed by atoms with E-state index in [1.54, 1.807) is 6.07 Å². The van der Waals surface area contributed by atoms with E-state index in [0.29, 0.717) is 0 Å². The third kappa shape index (κ3) is 3.63. The zero-order valence-electron chi connectivity index (χ0n) is 12.7. The maximum absolute atomic E-state index is 13.7. The van der Waals surface area contributed by atoms with Crippen molar-refractivity contribution >= 4 is 11.6 Å². The number of aryl methyl sites for hydroxylation is 1. The Balaban J connectivity index is 2.52. The van der Waals surface area contributed by atoms with Crippen molar-refractivity contribution in [3.63, 3.8) is 0 Å². The molecule has 2 aromatic carbocycles. The molecule has 0 fully saturated rings. The van der Waals surface area contributed by atoms with Crippen molar-refractivity contribution in [3.05, 3.63) is 69.5 Å². The molecule has 0 radical (unpaired) electrons. The Labute approximate surface area is 131 Å². The van der Waals surface area contributed by atoms with E-state index in [4.69, 9.17) is 11.6 Å². The summed E-state index contributed by atoms with van der Waals surface area (Å²) in [6, 6.07) is 10.8. The van der Waals surface area contributed by atoms with Gasteiger partial charge in [0.05, 0.1) is 6.04 Å². The number of benzene rings is 2. The van der Waals surface area contributed by atoms with Crippen LogP contribution in [0.15, 0.2) is 36.4 Å². The van der Waals surface area contributed by atoms with Crippen LogP contribution in [0.2, 0.25) is 5.02 Å². The summed E-state index contributed by atoms with van der Waals surface area (Å²) < 4.78 is 13.7. The van der Waals surface area contributed by atoms with Gasteiger partial charge in [-0.2, -0.15) is 0 Å². The molecule has 0 aromatic heterocycles. The van der Waals surface area contributed by atoms with Gasteiger partial charge in [0.1, 0.15) is 5.82 Å². The fraction of sp³-hybridized carbons (Fsp3) is 0.333. The van der Waals surface area contributed by atoms with Crippen LogP contribution < -0.4 is 5.32 Å². The summed E-state index contributed by atoms with van der Waals surface area (Å²) in [6.07, 6.45) is 1.02. The van der Waals surface area contributed by atoms with Crippen LogP contribution in [0.25, 0.3) is 0 Å². The maximum Gasteiger partial charge on any atom is 0.123 e. The van der Waals surface area contributed by atoms with Gasteiger partial charge in [-0.25, -0.2) is 4.39 Å². The smallest absolute Gasteiger partial charge is 0.123 e. The maximum atomic E-state index is 13.7. The predicted molar refractivity (Wildman–Crippen MR) is 87.5 cm³/mol. The average molecular weight is 306 g/mol. The van der Waals surface area contributed by atoms with Gasteiger partial charge in [-0.1, -0.05) is 36.7 Å². The Kier molecular flexibility index (Phi) is 5.38. The second kappa shape index (κ2) is 7.06. The van der Waals surface area contributed by atoms with Crippen molar-refractivity contribution in [1.82, 2.24) is 5.32 Å². The minimum absolute atomic E-state index is 0.0423. The topological polar surface area (TPSA) is 12.0 Å². The largest absolute Gasteiger partial charge is 0.306 e. The monoisotopic (exact) mass is 305 g/mol. The number of nitrogens with one attached hydrogen (secondary N) is 1. The molecule has 0 aliphatic heterocycles. The summed E-state index contributed by atoms with van der Waals surface area (Å²) in [4.78, 5) is 0. The van der Waals surface area contributed by atoms with E-state index >= 15 is 0 Å². The van der Waals surface area contributed by atoms with Crippen LogP contribution in [0, 0.1) is 19.7 Å². The molecule has 0 heterocycles. The third-order valence-corrected chi connectivity index (χ3v) is 4.18. The highest BCUT2D eigenvalue weighted by atomic mass is 35.5. The zero-order valence-corrected chi connectivity index (χ0v) is 13.5. The van der Waals surface area contributed by atoms with E-state index in [1.165, 1.54) is 6.07 Å². The Morgan fingerprint density at radius 1 is 1.14 bits per heavy atom. The lowest BCUT2D eigenvalue weighted by atomic mass is 9.92. The van der Waals surface area contributed by atoms with Crippen LogP contribution in [-0.4, -0.2) is 6.54 Å². The van der Waals surface area contributed by atoms with E-state index in [2.05, 4.69) is 18.3 Å². The number of hydrogen-bond acceptors (Lipinski definition) is 1. The molecule has 0 saturated carbocycles. The van der Waals surface area contributed by atoms with Crippen LogP contribution in [0.5, 0.6) is 0 Å². The van der Waals surface area contributed by atoms with Gasteiger partial charge in [-0.15, -0.1) is 0 Å². The molecule has 1 N–H and O–H groups in total. The summed E-state index contributed by atoms with van der Waals surface area (Å²) in [7, 11) is 0. The second-order valence-corrected chi connectivity index (χ2v) is 5.75. The lowest BCUT2D eigenvalue weighted by Gasteiger charge is -2.23. The normalized spacial score (nSPS) is 12.4. The van der Waals surface area contributed by atoms with E-state index in [0.717, 1.165) is 40.2 Å². The Morgan fingerprint density at radius 3 is 2.62 bits per heavy atom. The standard InChI is InChI=1S/C18H21ClFN/c1-4-10-21-18(15-6-5-7-17(19)13(15)3)16-11-14(20)9-8-12(16)2/h5-9,11,18,21H,4,10H2,1-3H3. The summed E-state index contributed by atoms with van der Waals surface area (Å²) in [6.45, 7) is 7.00. The molecule has 0 aliphatic rings. The SMILES string of the molecule is CCCNC(c1cc(F)ccc1C)c1cccc(Cl)c1C. The molecule has 0 saturated heterocycles. The van der Waals surface area contributed by atoms with Crippen LogP contribution in [0.3, 0.4) is 0 Å². The highest BCUT2D eigenvalue weighted by Crippen LogP contribution is 2.30. The van der Waals surface area contributed by atoms with Gasteiger partial charge in [0.25, 0.3) is 0 Å². The number of rotatable bonds is 5. The highest BCUT2D eigenvalue weighted by Gasteiger charge is 2.19. The van der Waals surface area contributed by atoms with Crippen molar-refractivity contribution in [2.24, 2.45) is 0 Å². The molecule has 1 nitrogen and oxygen atoms in total. The van der Waals surface area contributed by atoms with Crippen molar-refractivity contribution in [2.45, 2.75) is 33.2 Å². The van der Waals surface area contributed by atoms with Crippen molar-refractivity contribution in [3.8, 4) is 0 Å². The van der Waals surface area contributed by atoms with Gasteiger partial charge in [0, 0.05) is 5.02 Å². The molecule has 2 aromatic rings. The molecule has 0 bridgehead atoms. The molecular formula is C18H21ClFN. The van der Waals surface area contributed by atoms with Gasteiger partial charge in [0.15, 0.2) is 0 Å². The quantitative estimate of drug-likeness (QED) is 0.802. The Morgan fingerprint density at radius 2 is 1.90 bits per heavy atom. The van der Waals surface area contributed by atoms with Crippen LogP contribution in [0.4, 0.5) is 4.39 Å². The first-order valence-electron chi connectivity index (χ1n) is 7.29. The van der Waals surface area contributed by atoms with E-state index < -0.39 is 0 Å². The fourth-order valence-electron chi connectivity index (χ4n) is 2.54. The number of halogens is 2. The first kappa shape index (κ1) is 16.0. The highest BCUT2D eigenvalue weighted by molar-refractivity contribution is 6.31.